The molecule has 1 aliphatic heterocycles. The lowest BCUT2D eigenvalue weighted by molar-refractivity contribution is -0.126. The molecule has 182 valence electrons. The van der Waals surface area contributed by atoms with Crippen molar-refractivity contribution in [2.24, 2.45) is 5.92 Å². The van der Waals surface area contributed by atoms with E-state index in [4.69, 9.17) is 11.6 Å². The van der Waals surface area contributed by atoms with Crippen LogP contribution in [0, 0.1) is 5.92 Å². The van der Waals surface area contributed by atoms with Gasteiger partial charge in [0.1, 0.15) is 0 Å². The Morgan fingerprint density at radius 2 is 1.40 bits per heavy atom. The summed E-state index contributed by atoms with van der Waals surface area (Å²) in [7, 11) is 0. The molecular weight excluding hydrogens is 458 g/mol. The van der Waals surface area contributed by atoms with Crippen LogP contribution in [0.5, 0.6) is 0 Å². The van der Waals surface area contributed by atoms with E-state index in [1.54, 1.807) is 0 Å². The fraction of sp³-hybridized carbons (Fsp3) is 0.310. The van der Waals surface area contributed by atoms with Crippen molar-refractivity contribution in [2.45, 2.75) is 31.7 Å². The van der Waals surface area contributed by atoms with Gasteiger partial charge >= 0.3 is 0 Å². The maximum Gasteiger partial charge on any atom is 0.238 e. The second-order valence-electron chi connectivity index (χ2n) is 9.19. The molecule has 6 heteroatoms. The standard InChI is InChI=1S/C29H32ClN3O2/c30-25-13-11-23(12-14-25)20-24(19-22-7-3-1-4-8-22)29(35)32-27-15-17-33(18-16-27)21-28(34)31-26-9-5-2-6-10-26/h1-14,24,27H,15-21H2,(H,31,34)(H,32,35). The lowest BCUT2D eigenvalue weighted by Gasteiger charge is -2.32. The number of hydrogen-bond donors (Lipinski definition) is 2. The molecule has 1 heterocycles. The van der Waals surface area contributed by atoms with Gasteiger partial charge in [-0.1, -0.05) is 72.3 Å². The highest BCUT2D eigenvalue weighted by atomic mass is 35.5. The highest BCUT2D eigenvalue weighted by molar-refractivity contribution is 6.30. The molecule has 1 atom stereocenters. The Morgan fingerprint density at radius 3 is 2.03 bits per heavy atom. The second-order valence-corrected chi connectivity index (χ2v) is 9.63. The van der Waals surface area contributed by atoms with Crippen LogP contribution < -0.4 is 10.6 Å². The molecule has 1 aliphatic rings. The van der Waals surface area contributed by atoms with Crippen LogP contribution in [0.15, 0.2) is 84.9 Å². The molecule has 0 aliphatic carbocycles. The number of carbonyl (C=O) groups excluding carboxylic acids is 2. The third-order valence-electron chi connectivity index (χ3n) is 6.45. The molecule has 0 aromatic heterocycles. The average Bonchev–Trinajstić information content (AvgIpc) is 2.87. The van der Waals surface area contributed by atoms with E-state index in [0.717, 1.165) is 42.7 Å². The van der Waals surface area contributed by atoms with Gasteiger partial charge in [0.25, 0.3) is 0 Å². The number of nitrogens with zero attached hydrogens (tertiary/aromatic N) is 1. The maximum absolute atomic E-state index is 13.3. The van der Waals surface area contributed by atoms with E-state index < -0.39 is 0 Å². The first-order valence-corrected chi connectivity index (χ1v) is 12.6. The number of likely N-dealkylation sites (tertiary alicyclic amines) is 1. The van der Waals surface area contributed by atoms with E-state index in [1.807, 2.05) is 72.8 Å². The van der Waals surface area contributed by atoms with Gasteiger partial charge in [-0.05, 0) is 61.1 Å². The summed E-state index contributed by atoms with van der Waals surface area (Å²) in [4.78, 5) is 27.9. The largest absolute Gasteiger partial charge is 0.353 e. The van der Waals surface area contributed by atoms with E-state index >= 15 is 0 Å². The number of amides is 2. The van der Waals surface area contributed by atoms with E-state index in [-0.39, 0.29) is 23.8 Å². The van der Waals surface area contributed by atoms with Crippen LogP contribution in [-0.2, 0) is 22.4 Å². The molecule has 1 saturated heterocycles. The van der Waals surface area contributed by atoms with Crippen LogP contribution in [0.3, 0.4) is 0 Å². The molecule has 5 nitrogen and oxygen atoms in total. The zero-order valence-corrected chi connectivity index (χ0v) is 20.6. The quantitative estimate of drug-likeness (QED) is 0.446. The third kappa shape index (κ3) is 7.94. The predicted octanol–water partition coefficient (Wildman–Crippen LogP) is 4.96. The Bertz CT molecular complexity index is 1080. The van der Waals surface area contributed by atoms with Crippen LogP contribution in [0.4, 0.5) is 5.69 Å². The van der Waals surface area contributed by atoms with E-state index in [2.05, 4.69) is 27.7 Å². The summed E-state index contributed by atoms with van der Waals surface area (Å²) in [6, 6.07) is 27.5. The fourth-order valence-electron chi connectivity index (χ4n) is 4.54. The fourth-order valence-corrected chi connectivity index (χ4v) is 4.67. The first kappa shape index (κ1) is 25.0. The summed E-state index contributed by atoms with van der Waals surface area (Å²) in [5, 5.41) is 6.93. The number of carbonyl (C=O) groups is 2. The zero-order valence-electron chi connectivity index (χ0n) is 19.8. The molecule has 1 fully saturated rings. The smallest absolute Gasteiger partial charge is 0.238 e. The third-order valence-corrected chi connectivity index (χ3v) is 6.70. The summed E-state index contributed by atoms with van der Waals surface area (Å²) in [5.41, 5.74) is 3.07. The molecular formula is C29H32ClN3O2. The SMILES string of the molecule is O=C(CN1CCC(NC(=O)C(Cc2ccccc2)Cc2ccc(Cl)cc2)CC1)Nc1ccccc1. The minimum absolute atomic E-state index is 0.00965. The highest BCUT2D eigenvalue weighted by Gasteiger charge is 2.26. The van der Waals surface area contributed by atoms with Crippen LogP contribution >= 0.6 is 11.6 Å². The van der Waals surface area contributed by atoms with Gasteiger partial charge in [-0.15, -0.1) is 0 Å². The Labute approximate surface area is 212 Å². The van der Waals surface area contributed by atoms with Crippen LogP contribution in [-0.4, -0.2) is 42.4 Å². The Kier molecular flexibility index (Phi) is 8.93. The minimum atomic E-state index is -0.159. The van der Waals surface area contributed by atoms with E-state index in [1.165, 1.54) is 0 Å². The van der Waals surface area contributed by atoms with Crippen molar-refractivity contribution in [3.63, 3.8) is 0 Å². The number of anilines is 1. The van der Waals surface area contributed by atoms with Gasteiger partial charge in [-0.2, -0.15) is 0 Å². The summed E-state index contributed by atoms with van der Waals surface area (Å²) >= 11 is 6.04. The van der Waals surface area contributed by atoms with Crippen LogP contribution in [0.25, 0.3) is 0 Å². The van der Waals surface area contributed by atoms with Crippen LogP contribution in [0.2, 0.25) is 5.02 Å². The molecule has 0 radical (unpaired) electrons. The second kappa shape index (κ2) is 12.5. The molecule has 1 unspecified atom stereocenters. The minimum Gasteiger partial charge on any atom is -0.353 e. The number of para-hydroxylation sites is 1. The summed E-state index contributed by atoms with van der Waals surface area (Å²) in [6.07, 6.45) is 3.02. The Morgan fingerprint density at radius 1 is 0.829 bits per heavy atom. The lowest BCUT2D eigenvalue weighted by atomic mass is 9.91. The van der Waals surface area contributed by atoms with Gasteiger partial charge in [0.2, 0.25) is 11.8 Å². The van der Waals surface area contributed by atoms with E-state index in [9.17, 15) is 9.59 Å². The molecule has 0 spiro atoms. The van der Waals surface area contributed by atoms with E-state index in [0.29, 0.717) is 24.4 Å². The molecule has 2 amide bonds. The van der Waals surface area contributed by atoms with Crippen LogP contribution in [0.1, 0.15) is 24.0 Å². The van der Waals surface area contributed by atoms with Gasteiger partial charge in [0, 0.05) is 35.8 Å². The van der Waals surface area contributed by atoms with Crippen molar-refractivity contribution >= 4 is 29.1 Å². The number of benzene rings is 3. The number of hydrogen-bond acceptors (Lipinski definition) is 3. The molecule has 35 heavy (non-hydrogen) atoms. The number of rotatable bonds is 9. The van der Waals surface area contributed by atoms with Gasteiger partial charge in [0.15, 0.2) is 0 Å². The van der Waals surface area contributed by atoms with Gasteiger partial charge in [-0.25, -0.2) is 0 Å². The summed E-state index contributed by atoms with van der Waals surface area (Å²) in [5.74, 6) is -0.0816. The van der Waals surface area contributed by atoms with Crippen molar-refractivity contribution in [3.05, 3.63) is 101 Å². The maximum atomic E-state index is 13.3. The number of nitrogens with one attached hydrogen (secondary N) is 2. The Hall–Kier alpha value is -3.15. The number of piperidine rings is 1. The first-order chi connectivity index (χ1) is 17.0. The topological polar surface area (TPSA) is 61.4 Å². The molecule has 0 bridgehead atoms. The summed E-state index contributed by atoms with van der Waals surface area (Å²) in [6.45, 7) is 1.93. The van der Waals surface area contributed by atoms with Crippen molar-refractivity contribution < 1.29 is 9.59 Å². The zero-order chi connectivity index (χ0) is 24.5. The lowest BCUT2D eigenvalue weighted by Crippen LogP contribution is -2.48. The summed E-state index contributed by atoms with van der Waals surface area (Å²) < 4.78 is 0. The molecule has 4 rings (SSSR count). The average molecular weight is 490 g/mol. The van der Waals surface area contributed by atoms with Crippen molar-refractivity contribution in [1.29, 1.82) is 0 Å². The molecule has 0 saturated carbocycles. The highest BCUT2D eigenvalue weighted by Crippen LogP contribution is 2.19. The molecule has 2 N–H and O–H groups in total. The predicted molar refractivity (Wildman–Crippen MR) is 141 cm³/mol. The normalized spacial score (nSPS) is 15.3. The first-order valence-electron chi connectivity index (χ1n) is 12.2. The van der Waals surface area contributed by atoms with Crippen molar-refractivity contribution in [2.75, 3.05) is 25.0 Å². The van der Waals surface area contributed by atoms with Gasteiger partial charge in [-0.3, -0.25) is 14.5 Å². The van der Waals surface area contributed by atoms with Crippen molar-refractivity contribution in [1.82, 2.24) is 10.2 Å². The molecule has 3 aromatic carbocycles. The van der Waals surface area contributed by atoms with Gasteiger partial charge in [0.05, 0.1) is 6.54 Å². The van der Waals surface area contributed by atoms with Crippen molar-refractivity contribution in [3.8, 4) is 0 Å². The Balaban J connectivity index is 1.29. The molecule has 3 aromatic rings. The number of halogens is 1. The monoisotopic (exact) mass is 489 g/mol. The van der Waals surface area contributed by atoms with Gasteiger partial charge < -0.3 is 10.6 Å².